The van der Waals surface area contributed by atoms with Crippen molar-refractivity contribution in [1.29, 1.82) is 0 Å². The third-order valence-corrected chi connectivity index (χ3v) is 13.3. The average Bonchev–Trinajstić information content (AvgIpc) is 3.99. The molecule has 2 N–H and O–H groups in total. The number of piperidine rings is 2. The van der Waals surface area contributed by atoms with Crippen LogP contribution in [0.1, 0.15) is 85.0 Å². The van der Waals surface area contributed by atoms with Crippen molar-refractivity contribution in [1.82, 2.24) is 39.4 Å². The van der Waals surface area contributed by atoms with E-state index in [4.69, 9.17) is 14.7 Å². The van der Waals surface area contributed by atoms with Crippen molar-refractivity contribution < 1.29 is 32.7 Å². The van der Waals surface area contributed by atoms with E-state index in [1.165, 1.54) is 12.1 Å². The van der Waals surface area contributed by atoms with Gasteiger partial charge in [0, 0.05) is 81.3 Å². The number of pyridine rings is 1. The fourth-order valence-corrected chi connectivity index (χ4v) is 9.88. The molecule has 4 aliphatic rings. The van der Waals surface area contributed by atoms with Crippen LogP contribution in [-0.2, 0) is 34.5 Å². The number of hydrogen-bond donors (Lipinski definition) is 2. The Morgan fingerprint density at radius 2 is 1.75 bits per heavy atom. The molecule has 4 aliphatic heterocycles. The van der Waals surface area contributed by atoms with E-state index in [1.807, 2.05) is 29.8 Å². The minimum absolute atomic E-state index is 0.0200. The molecular formula is C47H54F2N10O5. The number of likely N-dealkylation sites (tertiary alicyclic amines) is 1. The highest BCUT2D eigenvalue weighted by atomic mass is 19.1. The van der Waals surface area contributed by atoms with Crippen LogP contribution in [0.4, 0.5) is 20.4 Å². The molecule has 4 atom stereocenters. The Morgan fingerprint density at radius 1 is 0.938 bits per heavy atom. The summed E-state index contributed by atoms with van der Waals surface area (Å²) in [5, 5.41) is 9.69. The molecule has 5 aromatic rings. The number of carbonyl (C=O) groups excluding carboxylic acids is 4. The fraction of sp³-hybridized carbons (Fsp3) is 0.468. The summed E-state index contributed by atoms with van der Waals surface area (Å²) >= 11 is 0. The molecule has 3 saturated heterocycles. The van der Waals surface area contributed by atoms with Crippen LogP contribution in [0.15, 0.2) is 48.7 Å². The van der Waals surface area contributed by atoms with Gasteiger partial charge in [0.1, 0.15) is 11.6 Å². The van der Waals surface area contributed by atoms with Crippen LogP contribution in [0.2, 0.25) is 0 Å². The van der Waals surface area contributed by atoms with Crippen molar-refractivity contribution in [3.63, 3.8) is 0 Å². The van der Waals surface area contributed by atoms with Gasteiger partial charge in [-0.05, 0) is 100 Å². The number of benzene rings is 2. The van der Waals surface area contributed by atoms with Gasteiger partial charge in [-0.1, -0.05) is 13.0 Å². The lowest BCUT2D eigenvalue weighted by atomic mass is 9.89. The first kappa shape index (κ1) is 43.0. The van der Waals surface area contributed by atoms with Crippen LogP contribution in [0.5, 0.6) is 5.88 Å². The van der Waals surface area contributed by atoms with Crippen LogP contribution in [0.25, 0.3) is 22.3 Å². The number of rotatable bonds is 6. The van der Waals surface area contributed by atoms with Crippen molar-refractivity contribution in [2.45, 2.75) is 83.8 Å². The van der Waals surface area contributed by atoms with E-state index < -0.39 is 29.4 Å². The summed E-state index contributed by atoms with van der Waals surface area (Å²) in [6.07, 6.45) is 5.85. The molecule has 0 aliphatic carbocycles. The first-order chi connectivity index (χ1) is 30.8. The second-order valence-corrected chi connectivity index (χ2v) is 18.0. The lowest BCUT2D eigenvalue weighted by Crippen LogP contribution is -2.50. The van der Waals surface area contributed by atoms with E-state index in [0.717, 1.165) is 47.8 Å². The number of carbonyl (C=O) groups is 4. The molecule has 17 heteroatoms. The number of nitrogens with one attached hydrogen (secondary N) is 2. The highest BCUT2D eigenvalue weighted by molar-refractivity contribution is 6.05. The number of imide groups is 1. The Kier molecular flexibility index (Phi) is 11.9. The Labute approximate surface area is 370 Å². The van der Waals surface area contributed by atoms with E-state index in [-0.39, 0.29) is 48.1 Å². The molecule has 7 heterocycles. The Hall–Kier alpha value is -6.23. The van der Waals surface area contributed by atoms with Crippen LogP contribution in [0.3, 0.4) is 0 Å². The van der Waals surface area contributed by atoms with Crippen LogP contribution in [-0.4, -0.2) is 104 Å². The summed E-state index contributed by atoms with van der Waals surface area (Å²) in [4.78, 5) is 67.5. The van der Waals surface area contributed by atoms with Gasteiger partial charge in [-0.25, -0.2) is 18.4 Å². The highest BCUT2D eigenvalue weighted by Gasteiger charge is 2.37. The molecule has 9 rings (SSSR count). The topological polar surface area (TPSA) is 160 Å². The summed E-state index contributed by atoms with van der Waals surface area (Å²) in [6, 6.07) is 12.3. The molecule has 0 unspecified atom stereocenters. The van der Waals surface area contributed by atoms with Gasteiger partial charge >= 0.3 is 0 Å². The van der Waals surface area contributed by atoms with Gasteiger partial charge in [-0.15, -0.1) is 0 Å². The number of anilines is 2. The van der Waals surface area contributed by atoms with E-state index in [1.54, 1.807) is 23.0 Å². The number of fused-ring (bicyclic) bond motifs is 7. The zero-order valence-electron chi connectivity index (χ0n) is 36.7. The number of ether oxygens (including phenoxy) is 1. The molecule has 4 amide bonds. The van der Waals surface area contributed by atoms with Crippen molar-refractivity contribution in [2.24, 2.45) is 18.9 Å². The molecule has 64 heavy (non-hydrogen) atoms. The van der Waals surface area contributed by atoms with E-state index in [2.05, 4.69) is 51.3 Å². The summed E-state index contributed by atoms with van der Waals surface area (Å²) in [6.45, 7) is 7.87. The van der Waals surface area contributed by atoms with Gasteiger partial charge < -0.3 is 19.1 Å². The van der Waals surface area contributed by atoms with Gasteiger partial charge in [0.15, 0.2) is 0 Å². The maximum Gasteiger partial charge on any atom is 0.258 e. The lowest BCUT2D eigenvalue weighted by molar-refractivity contribution is -0.137. The van der Waals surface area contributed by atoms with Crippen molar-refractivity contribution in [3.05, 3.63) is 82.7 Å². The first-order valence-electron chi connectivity index (χ1n) is 22.3. The minimum atomic E-state index is -1.07. The van der Waals surface area contributed by atoms with Crippen LogP contribution < -0.4 is 20.3 Å². The summed E-state index contributed by atoms with van der Waals surface area (Å²) in [5.41, 5.74) is 5.27. The number of amides is 4. The third-order valence-electron chi connectivity index (χ3n) is 13.3. The standard InChI is InChI=1S/C47H54F2N10O5/c1-27-7-6-16-64-46-35(22-50-56(46)4)39-19-31(17-28(2)51-39)43(61)54-47-52-38-11-9-29(18-40(38)59(47)23-27)24-55(3)32-8-5-14-58(26-32)45(63)30-13-15-57(25-30)33-20-36(48)42(37(49)21-33)34-10-12-41(60)53-44(34)62/h9,11,17-22,27,30,32,34H,5-8,10,12-16,23-26H2,1-4H3,(H,52,54,61)(H,53,60,62)/t27-,30-,32-,34-/m1/s1. The summed E-state index contributed by atoms with van der Waals surface area (Å²) in [5.74, 6) is -3.10. The second kappa shape index (κ2) is 17.7. The Bertz CT molecular complexity index is 2620. The second-order valence-electron chi connectivity index (χ2n) is 18.0. The Balaban J connectivity index is 0.874. The zero-order chi connectivity index (χ0) is 44.8. The predicted molar refractivity (Wildman–Crippen MR) is 236 cm³/mol. The highest BCUT2D eigenvalue weighted by Crippen LogP contribution is 2.35. The zero-order valence-corrected chi connectivity index (χ0v) is 36.7. The maximum absolute atomic E-state index is 15.4. The van der Waals surface area contributed by atoms with Crippen LogP contribution in [0, 0.1) is 30.4 Å². The van der Waals surface area contributed by atoms with Gasteiger partial charge in [0.25, 0.3) is 5.91 Å². The SMILES string of the molecule is Cc1cc2cc(n1)-c1cnn(C)c1OCCC[C@@H](C)Cn1c(nc3ccc(CN(C)[C@@H]4CCCN(C(=O)[C@@H]5CCN(c6cc(F)c([C@H]7CCC(=O)NC7=O)c(F)c6)C5)C4)cc31)NC2=O. The molecule has 0 saturated carbocycles. The van der Waals surface area contributed by atoms with Crippen LogP contribution >= 0.6 is 0 Å². The molecule has 0 radical (unpaired) electrons. The van der Waals surface area contributed by atoms with Gasteiger partial charge in [-0.2, -0.15) is 5.10 Å². The van der Waals surface area contributed by atoms with Crippen molar-refractivity contribution in [3.8, 4) is 17.1 Å². The van der Waals surface area contributed by atoms with Gasteiger partial charge in [0.2, 0.25) is 29.5 Å². The largest absolute Gasteiger partial charge is 0.477 e. The number of aromatic nitrogens is 5. The monoisotopic (exact) mass is 876 g/mol. The summed E-state index contributed by atoms with van der Waals surface area (Å²) in [7, 11) is 3.92. The lowest BCUT2D eigenvalue weighted by Gasteiger charge is -2.38. The van der Waals surface area contributed by atoms with Crippen molar-refractivity contribution in [2.75, 3.05) is 50.1 Å². The molecule has 15 nitrogen and oxygen atoms in total. The first-order valence-corrected chi connectivity index (χ1v) is 22.3. The van der Waals surface area contributed by atoms with E-state index in [9.17, 15) is 19.2 Å². The van der Waals surface area contributed by atoms with Crippen molar-refractivity contribution >= 4 is 46.3 Å². The predicted octanol–water partition coefficient (Wildman–Crippen LogP) is 5.95. The maximum atomic E-state index is 15.4. The smallest absolute Gasteiger partial charge is 0.258 e. The number of imidazole rings is 1. The van der Waals surface area contributed by atoms with Gasteiger partial charge in [-0.3, -0.25) is 39.7 Å². The molecule has 0 spiro atoms. The molecule has 2 bridgehead atoms. The fourth-order valence-electron chi connectivity index (χ4n) is 9.88. The number of nitrogens with zero attached hydrogens (tertiary/aromatic N) is 8. The number of halogens is 2. The molecule has 3 fully saturated rings. The molecule has 336 valence electrons. The minimum Gasteiger partial charge on any atom is -0.477 e. The Morgan fingerprint density at radius 3 is 2.55 bits per heavy atom. The number of likely N-dealkylation sites (N-methyl/N-ethyl adjacent to an activating group) is 1. The third kappa shape index (κ3) is 8.69. The number of aryl methyl sites for hydroxylation is 2. The normalized spacial score (nSPS) is 22.1. The molecule has 3 aromatic heterocycles. The number of hydrogen-bond acceptors (Lipinski definition) is 10. The van der Waals surface area contributed by atoms with E-state index >= 15 is 8.78 Å². The average molecular weight is 877 g/mol. The molecule has 2 aromatic carbocycles. The van der Waals surface area contributed by atoms with E-state index in [0.29, 0.717) is 86.8 Å². The quantitative estimate of drug-likeness (QED) is 0.195. The molecular weight excluding hydrogens is 823 g/mol. The summed E-state index contributed by atoms with van der Waals surface area (Å²) < 4.78 is 40.8. The van der Waals surface area contributed by atoms with Gasteiger partial charge in [0.05, 0.1) is 46.9 Å².